The minimum Gasteiger partial charge on any atom is -0.494 e. The van der Waals surface area contributed by atoms with E-state index in [9.17, 15) is 8.42 Å². The van der Waals surface area contributed by atoms with Gasteiger partial charge in [-0.25, -0.2) is 8.42 Å². The van der Waals surface area contributed by atoms with Crippen molar-refractivity contribution >= 4 is 21.9 Å². The van der Waals surface area contributed by atoms with Gasteiger partial charge in [0.15, 0.2) is 0 Å². The highest BCUT2D eigenvalue weighted by atomic mass is 32.2. The van der Waals surface area contributed by atoms with Gasteiger partial charge in [0.05, 0.1) is 30.5 Å². The van der Waals surface area contributed by atoms with Crippen molar-refractivity contribution in [3.05, 3.63) is 36.5 Å². The highest BCUT2D eigenvalue weighted by Gasteiger charge is 2.18. The summed E-state index contributed by atoms with van der Waals surface area (Å²) in [5.74, 6) is 0.817. The molecule has 7 nitrogen and oxygen atoms in total. The Bertz CT molecular complexity index is 716. The molecule has 1 heterocycles. The SMILES string of the molecule is C=C(/C=N\Nc1ccc(OCCCN2CCC[C@H]2C)cc1)NS(C)(=O)=O. The molecule has 1 saturated heterocycles. The van der Waals surface area contributed by atoms with Gasteiger partial charge in [0.1, 0.15) is 5.75 Å². The van der Waals surface area contributed by atoms with Gasteiger partial charge in [0, 0.05) is 12.6 Å². The number of sulfonamides is 1. The zero-order chi connectivity index (χ0) is 19.0. The second kappa shape index (κ2) is 9.59. The molecule has 0 aromatic heterocycles. The van der Waals surface area contributed by atoms with Gasteiger partial charge in [-0.15, -0.1) is 0 Å². The Morgan fingerprint density at radius 2 is 2.15 bits per heavy atom. The van der Waals surface area contributed by atoms with Crippen LogP contribution in [0.3, 0.4) is 0 Å². The molecule has 1 fully saturated rings. The molecule has 26 heavy (non-hydrogen) atoms. The minimum absolute atomic E-state index is 0.187. The highest BCUT2D eigenvalue weighted by molar-refractivity contribution is 7.88. The molecular formula is C18H28N4O3S. The van der Waals surface area contributed by atoms with E-state index in [1.54, 1.807) is 0 Å². The number of allylic oxidation sites excluding steroid dienone is 1. The second-order valence-electron chi connectivity index (χ2n) is 6.52. The number of nitrogens with zero attached hydrogens (tertiary/aromatic N) is 2. The summed E-state index contributed by atoms with van der Waals surface area (Å²) in [5, 5.41) is 3.93. The first kappa shape index (κ1) is 20.3. The van der Waals surface area contributed by atoms with E-state index in [1.807, 2.05) is 24.3 Å². The topological polar surface area (TPSA) is 83.0 Å². The lowest BCUT2D eigenvalue weighted by Crippen LogP contribution is -2.28. The van der Waals surface area contributed by atoms with Crippen molar-refractivity contribution < 1.29 is 13.2 Å². The molecule has 0 amide bonds. The molecule has 1 aliphatic heterocycles. The number of rotatable bonds is 10. The fourth-order valence-electron chi connectivity index (χ4n) is 2.86. The van der Waals surface area contributed by atoms with Crippen molar-refractivity contribution in [1.29, 1.82) is 0 Å². The van der Waals surface area contributed by atoms with Gasteiger partial charge in [-0.05, 0) is 57.0 Å². The maximum absolute atomic E-state index is 11.0. The van der Waals surface area contributed by atoms with Crippen LogP contribution in [-0.2, 0) is 10.0 Å². The highest BCUT2D eigenvalue weighted by Crippen LogP contribution is 2.18. The number of hydrazone groups is 1. The van der Waals surface area contributed by atoms with Crippen LogP contribution in [0.15, 0.2) is 41.6 Å². The Hall–Kier alpha value is -2.06. The molecule has 0 saturated carbocycles. The van der Waals surface area contributed by atoms with Crippen molar-refractivity contribution in [3.63, 3.8) is 0 Å². The predicted molar refractivity (Wildman–Crippen MR) is 106 cm³/mol. The third-order valence-electron chi connectivity index (χ3n) is 4.13. The molecule has 0 spiro atoms. The molecule has 144 valence electrons. The number of hydrogen-bond donors (Lipinski definition) is 2. The Labute approximate surface area is 156 Å². The number of benzene rings is 1. The Kier molecular flexibility index (Phi) is 7.47. The lowest BCUT2D eigenvalue weighted by atomic mass is 10.2. The zero-order valence-corrected chi connectivity index (χ0v) is 16.3. The Morgan fingerprint density at radius 3 is 2.77 bits per heavy atom. The van der Waals surface area contributed by atoms with Gasteiger partial charge in [0.2, 0.25) is 10.0 Å². The number of nitrogens with one attached hydrogen (secondary N) is 2. The van der Waals surface area contributed by atoms with Crippen LogP contribution in [0.25, 0.3) is 0 Å². The molecule has 1 aromatic rings. The molecule has 0 radical (unpaired) electrons. The lowest BCUT2D eigenvalue weighted by Gasteiger charge is -2.20. The van der Waals surface area contributed by atoms with E-state index in [0.717, 1.165) is 30.7 Å². The van der Waals surface area contributed by atoms with Crippen molar-refractivity contribution in [2.45, 2.75) is 32.2 Å². The van der Waals surface area contributed by atoms with Crippen LogP contribution in [0.5, 0.6) is 5.75 Å². The molecule has 1 atom stereocenters. The number of likely N-dealkylation sites (tertiary alicyclic amines) is 1. The Balaban J connectivity index is 1.68. The van der Waals surface area contributed by atoms with E-state index in [2.05, 4.69) is 33.7 Å². The predicted octanol–water partition coefficient (Wildman–Crippen LogP) is 2.40. The first-order chi connectivity index (χ1) is 12.3. The smallest absolute Gasteiger partial charge is 0.229 e. The van der Waals surface area contributed by atoms with Crippen LogP contribution >= 0.6 is 0 Å². The number of hydrogen-bond acceptors (Lipinski definition) is 6. The van der Waals surface area contributed by atoms with Gasteiger partial charge in [-0.1, -0.05) is 6.58 Å². The Morgan fingerprint density at radius 1 is 1.42 bits per heavy atom. The average Bonchev–Trinajstić information content (AvgIpc) is 2.96. The van der Waals surface area contributed by atoms with Crippen LogP contribution in [0.2, 0.25) is 0 Å². The van der Waals surface area contributed by atoms with Crippen LogP contribution in [0, 0.1) is 0 Å². The summed E-state index contributed by atoms with van der Waals surface area (Å²) in [4.78, 5) is 2.51. The average molecular weight is 381 g/mol. The monoisotopic (exact) mass is 380 g/mol. The molecule has 0 bridgehead atoms. The first-order valence-electron chi connectivity index (χ1n) is 8.76. The van der Waals surface area contributed by atoms with Gasteiger partial charge in [0.25, 0.3) is 0 Å². The van der Waals surface area contributed by atoms with Crippen molar-refractivity contribution in [1.82, 2.24) is 9.62 Å². The minimum atomic E-state index is -3.33. The van der Waals surface area contributed by atoms with Crippen molar-refractivity contribution in [3.8, 4) is 5.75 Å². The number of ether oxygens (including phenoxy) is 1. The zero-order valence-electron chi connectivity index (χ0n) is 15.4. The normalized spacial score (nSPS) is 18.2. The van der Waals surface area contributed by atoms with Crippen molar-refractivity contribution in [2.24, 2.45) is 5.10 Å². The number of anilines is 1. The summed E-state index contributed by atoms with van der Waals surface area (Å²) in [6, 6.07) is 8.15. The third-order valence-corrected chi connectivity index (χ3v) is 4.77. The summed E-state index contributed by atoms with van der Waals surface area (Å²) in [7, 11) is -3.33. The largest absolute Gasteiger partial charge is 0.494 e. The van der Waals surface area contributed by atoms with Crippen LogP contribution in [0.1, 0.15) is 26.2 Å². The maximum Gasteiger partial charge on any atom is 0.229 e. The van der Waals surface area contributed by atoms with Gasteiger partial charge >= 0.3 is 0 Å². The summed E-state index contributed by atoms with van der Waals surface area (Å²) in [6.07, 6.45) is 5.99. The summed E-state index contributed by atoms with van der Waals surface area (Å²) in [6.45, 7) is 8.83. The molecule has 1 aromatic carbocycles. The summed E-state index contributed by atoms with van der Waals surface area (Å²) in [5.41, 5.74) is 3.77. The van der Waals surface area contributed by atoms with E-state index in [-0.39, 0.29) is 5.70 Å². The molecule has 2 rings (SSSR count). The molecular weight excluding hydrogens is 352 g/mol. The quantitative estimate of drug-likeness (QED) is 0.370. The molecule has 0 aliphatic carbocycles. The second-order valence-corrected chi connectivity index (χ2v) is 8.27. The van der Waals surface area contributed by atoms with Crippen LogP contribution in [-0.4, -0.2) is 51.5 Å². The third kappa shape index (κ3) is 7.45. The van der Waals surface area contributed by atoms with Gasteiger partial charge < -0.3 is 9.64 Å². The molecule has 8 heteroatoms. The van der Waals surface area contributed by atoms with E-state index < -0.39 is 10.0 Å². The summed E-state index contributed by atoms with van der Waals surface area (Å²) >= 11 is 0. The first-order valence-corrected chi connectivity index (χ1v) is 10.7. The van der Waals surface area contributed by atoms with Crippen LogP contribution in [0.4, 0.5) is 5.69 Å². The molecule has 1 aliphatic rings. The molecule has 2 N–H and O–H groups in total. The maximum atomic E-state index is 11.0. The van der Waals surface area contributed by atoms with E-state index in [0.29, 0.717) is 12.6 Å². The van der Waals surface area contributed by atoms with Crippen molar-refractivity contribution in [2.75, 3.05) is 31.4 Å². The summed E-state index contributed by atoms with van der Waals surface area (Å²) < 4.78 is 30.1. The lowest BCUT2D eigenvalue weighted by molar-refractivity contribution is 0.230. The van der Waals surface area contributed by atoms with E-state index >= 15 is 0 Å². The van der Waals surface area contributed by atoms with Gasteiger partial charge in [-0.2, -0.15) is 5.10 Å². The standard InChI is InChI=1S/C18H28N4O3S/c1-15(21-26(3,23)24)14-19-20-17-7-9-18(10-8-17)25-13-5-12-22-11-4-6-16(22)2/h7-10,14,16,20-21H,1,4-6,11-13H2,2-3H3/b19-14-/t16-/m1/s1. The van der Waals surface area contributed by atoms with Gasteiger partial charge in [-0.3, -0.25) is 10.1 Å². The van der Waals surface area contributed by atoms with E-state index in [4.69, 9.17) is 4.74 Å². The molecule has 0 unspecified atom stereocenters. The van der Waals surface area contributed by atoms with Crippen LogP contribution < -0.4 is 14.9 Å². The van der Waals surface area contributed by atoms with E-state index in [1.165, 1.54) is 25.6 Å². The fraction of sp³-hybridized carbons (Fsp3) is 0.500. The fourth-order valence-corrected chi connectivity index (χ4v) is 3.39.